The molecule has 0 saturated heterocycles. The van der Waals surface area contributed by atoms with E-state index in [0.717, 1.165) is 7.11 Å². The van der Waals surface area contributed by atoms with Gasteiger partial charge in [-0.05, 0) is 17.7 Å². The van der Waals surface area contributed by atoms with E-state index in [1.807, 2.05) is 6.07 Å². The molecular weight excluding hydrogens is 310 g/mol. The Morgan fingerprint density at radius 2 is 1.54 bits per heavy atom. The van der Waals surface area contributed by atoms with Crippen molar-refractivity contribution in [2.24, 2.45) is 5.73 Å². The van der Waals surface area contributed by atoms with Crippen LogP contribution in [0.2, 0.25) is 0 Å². The summed E-state index contributed by atoms with van der Waals surface area (Å²) in [5.41, 5.74) is 5.12. The SMILES string of the molecule is COC(=O)[C@](N)(Cc1ccccc1)C(=O)c1ccc(C(=O)O)cc1. The van der Waals surface area contributed by atoms with Crippen LogP contribution in [0, 0.1) is 0 Å². The molecule has 0 radical (unpaired) electrons. The highest BCUT2D eigenvalue weighted by Crippen LogP contribution is 2.19. The minimum absolute atomic E-state index is 0.0277. The highest BCUT2D eigenvalue weighted by atomic mass is 16.5. The molecule has 0 bridgehead atoms. The van der Waals surface area contributed by atoms with Gasteiger partial charge in [-0.3, -0.25) is 4.79 Å². The van der Waals surface area contributed by atoms with Gasteiger partial charge in [0.25, 0.3) is 0 Å². The summed E-state index contributed by atoms with van der Waals surface area (Å²) >= 11 is 0. The summed E-state index contributed by atoms with van der Waals surface area (Å²) in [6.07, 6.45) is -0.0277. The van der Waals surface area contributed by atoms with Crippen molar-refractivity contribution in [1.29, 1.82) is 0 Å². The molecule has 2 rings (SSSR count). The van der Waals surface area contributed by atoms with Crippen LogP contribution < -0.4 is 5.73 Å². The van der Waals surface area contributed by atoms with Gasteiger partial charge in [0.05, 0.1) is 12.7 Å². The molecule has 0 aliphatic rings. The van der Waals surface area contributed by atoms with Crippen LogP contribution in [0.4, 0.5) is 0 Å². The van der Waals surface area contributed by atoms with Gasteiger partial charge in [-0.2, -0.15) is 0 Å². The topological polar surface area (TPSA) is 107 Å². The summed E-state index contributed by atoms with van der Waals surface area (Å²) in [4.78, 5) is 35.8. The number of ketones is 1. The molecular formula is C18H17NO5. The van der Waals surface area contributed by atoms with Crippen LogP contribution >= 0.6 is 0 Å². The molecule has 2 aromatic carbocycles. The molecule has 2 aromatic rings. The van der Waals surface area contributed by atoms with E-state index in [2.05, 4.69) is 0 Å². The Labute approximate surface area is 138 Å². The zero-order valence-electron chi connectivity index (χ0n) is 13.1. The maximum absolute atomic E-state index is 12.8. The van der Waals surface area contributed by atoms with Gasteiger partial charge in [0.2, 0.25) is 0 Å². The first kappa shape index (κ1) is 17.4. The van der Waals surface area contributed by atoms with Crippen molar-refractivity contribution in [2.45, 2.75) is 12.0 Å². The van der Waals surface area contributed by atoms with Gasteiger partial charge in [-0.1, -0.05) is 42.5 Å². The maximum Gasteiger partial charge on any atom is 0.335 e. The number of nitrogens with two attached hydrogens (primary N) is 1. The summed E-state index contributed by atoms with van der Waals surface area (Å²) in [5, 5.41) is 8.91. The molecule has 0 amide bonds. The van der Waals surface area contributed by atoms with E-state index in [9.17, 15) is 14.4 Å². The number of carbonyl (C=O) groups is 3. The molecule has 6 nitrogen and oxygen atoms in total. The second kappa shape index (κ2) is 7.06. The molecule has 0 fully saturated rings. The largest absolute Gasteiger partial charge is 0.478 e. The normalized spacial score (nSPS) is 12.9. The molecule has 0 heterocycles. The summed E-state index contributed by atoms with van der Waals surface area (Å²) in [5.74, 6) is -2.58. The Bertz CT molecular complexity index is 755. The van der Waals surface area contributed by atoms with E-state index in [0.29, 0.717) is 5.56 Å². The van der Waals surface area contributed by atoms with Gasteiger partial charge in [-0.15, -0.1) is 0 Å². The van der Waals surface area contributed by atoms with E-state index in [1.165, 1.54) is 24.3 Å². The van der Waals surface area contributed by atoms with Crippen LogP contribution in [0.1, 0.15) is 26.3 Å². The average Bonchev–Trinajstić information content (AvgIpc) is 2.61. The quantitative estimate of drug-likeness (QED) is 0.475. The number of benzene rings is 2. The van der Waals surface area contributed by atoms with Crippen LogP contribution in [-0.2, 0) is 16.0 Å². The third kappa shape index (κ3) is 3.49. The van der Waals surface area contributed by atoms with E-state index in [1.54, 1.807) is 24.3 Å². The molecule has 1 atom stereocenters. The van der Waals surface area contributed by atoms with E-state index >= 15 is 0 Å². The van der Waals surface area contributed by atoms with Crippen molar-refractivity contribution in [3.8, 4) is 0 Å². The van der Waals surface area contributed by atoms with Crippen molar-refractivity contribution in [3.05, 3.63) is 71.3 Å². The molecule has 0 unspecified atom stereocenters. The molecule has 6 heteroatoms. The van der Waals surface area contributed by atoms with Crippen LogP contribution in [0.5, 0.6) is 0 Å². The maximum atomic E-state index is 12.8. The molecule has 0 aliphatic carbocycles. The summed E-state index contributed by atoms with van der Waals surface area (Å²) in [6.45, 7) is 0. The Kier molecular flexibility index (Phi) is 5.11. The Hall–Kier alpha value is -2.99. The Morgan fingerprint density at radius 3 is 2.04 bits per heavy atom. The fourth-order valence-electron chi connectivity index (χ4n) is 2.37. The third-order valence-electron chi connectivity index (χ3n) is 3.67. The van der Waals surface area contributed by atoms with Crippen LogP contribution in [0.3, 0.4) is 0 Å². The first-order valence-electron chi connectivity index (χ1n) is 7.18. The standard InChI is InChI=1S/C18H17NO5/c1-24-17(23)18(19,11-12-5-3-2-4-6-12)15(20)13-7-9-14(10-8-13)16(21)22/h2-10H,11,19H2,1H3,(H,21,22)/t18-/m0/s1. The lowest BCUT2D eigenvalue weighted by molar-refractivity contribution is -0.145. The molecule has 0 aliphatic heterocycles. The first-order chi connectivity index (χ1) is 11.4. The van der Waals surface area contributed by atoms with E-state index in [4.69, 9.17) is 15.6 Å². The van der Waals surface area contributed by atoms with Crippen LogP contribution in [0.15, 0.2) is 54.6 Å². The molecule has 0 saturated carbocycles. The number of carboxylic acid groups (broad SMARTS) is 1. The van der Waals surface area contributed by atoms with Crippen molar-refractivity contribution < 1.29 is 24.2 Å². The molecule has 0 spiro atoms. The number of esters is 1. The minimum atomic E-state index is -1.89. The van der Waals surface area contributed by atoms with Gasteiger partial charge in [0.15, 0.2) is 11.3 Å². The Morgan fingerprint density at radius 1 is 1.00 bits per heavy atom. The summed E-state index contributed by atoms with van der Waals surface area (Å²) in [7, 11) is 1.16. The van der Waals surface area contributed by atoms with Gasteiger partial charge in [-0.25, -0.2) is 9.59 Å². The number of methoxy groups -OCH3 is 1. The van der Waals surface area contributed by atoms with Gasteiger partial charge in [0.1, 0.15) is 0 Å². The van der Waals surface area contributed by atoms with Gasteiger partial charge in [0, 0.05) is 12.0 Å². The predicted molar refractivity (Wildman–Crippen MR) is 86.8 cm³/mol. The minimum Gasteiger partial charge on any atom is -0.478 e. The van der Waals surface area contributed by atoms with Gasteiger partial charge >= 0.3 is 11.9 Å². The number of carbonyl (C=O) groups excluding carboxylic acids is 2. The second-order valence-electron chi connectivity index (χ2n) is 5.34. The predicted octanol–water partition coefficient (Wildman–Crippen LogP) is 1.68. The third-order valence-corrected chi connectivity index (χ3v) is 3.67. The summed E-state index contributed by atoms with van der Waals surface area (Å²) < 4.78 is 4.71. The lowest BCUT2D eigenvalue weighted by Crippen LogP contribution is -2.57. The number of Topliss-reactive ketones (excluding diaryl/α,β-unsaturated/α-hetero) is 1. The highest BCUT2D eigenvalue weighted by Gasteiger charge is 2.43. The fraction of sp³-hybridized carbons (Fsp3) is 0.167. The number of hydrogen-bond acceptors (Lipinski definition) is 5. The number of carboxylic acids is 1. The van der Waals surface area contributed by atoms with Crippen molar-refractivity contribution >= 4 is 17.7 Å². The zero-order chi connectivity index (χ0) is 17.7. The lowest BCUT2D eigenvalue weighted by Gasteiger charge is -2.25. The smallest absolute Gasteiger partial charge is 0.335 e. The zero-order valence-corrected chi connectivity index (χ0v) is 13.1. The monoisotopic (exact) mass is 327 g/mol. The molecule has 124 valence electrons. The second-order valence-corrected chi connectivity index (χ2v) is 5.34. The van der Waals surface area contributed by atoms with Crippen molar-refractivity contribution in [2.75, 3.05) is 7.11 Å². The first-order valence-corrected chi connectivity index (χ1v) is 7.18. The van der Waals surface area contributed by atoms with E-state index in [-0.39, 0.29) is 17.5 Å². The Balaban J connectivity index is 2.37. The number of hydrogen-bond donors (Lipinski definition) is 2. The molecule has 3 N–H and O–H groups in total. The number of aromatic carboxylic acids is 1. The van der Waals surface area contributed by atoms with Gasteiger partial charge < -0.3 is 15.6 Å². The fourth-order valence-corrected chi connectivity index (χ4v) is 2.37. The number of ether oxygens (including phenoxy) is 1. The van der Waals surface area contributed by atoms with E-state index < -0.39 is 23.3 Å². The van der Waals surface area contributed by atoms with Crippen molar-refractivity contribution in [3.63, 3.8) is 0 Å². The lowest BCUT2D eigenvalue weighted by atomic mass is 9.84. The van der Waals surface area contributed by atoms with Crippen molar-refractivity contribution in [1.82, 2.24) is 0 Å². The average molecular weight is 327 g/mol. The molecule has 24 heavy (non-hydrogen) atoms. The highest BCUT2D eigenvalue weighted by molar-refractivity contribution is 6.16. The number of rotatable bonds is 6. The summed E-state index contributed by atoms with van der Waals surface area (Å²) in [6, 6.07) is 14.1. The molecule has 0 aromatic heterocycles. The van der Waals surface area contributed by atoms with Crippen LogP contribution in [0.25, 0.3) is 0 Å². The van der Waals surface area contributed by atoms with Crippen LogP contribution in [-0.4, -0.2) is 35.5 Å².